The minimum atomic E-state index is -0.762. The SMILES string of the molecule is CCc1nnc(NC(=O)[C@@H](Oc2ccccc2)c2ccccc2)s1. The molecule has 0 aliphatic rings. The van der Waals surface area contributed by atoms with Crippen molar-refractivity contribution in [3.8, 4) is 5.75 Å². The largest absolute Gasteiger partial charge is 0.476 e. The predicted octanol–water partition coefficient (Wildman–Crippen LogP) is 3.86. The number of anilines is 1. The van der Waals surface area contributed by atoms with Crippen LogP contribution in [0.25, 0.3) is 0 Å². The van der Waals surface area contributed by atoms with E-state index in [1.807, 2.05) is 67.6 Å². The second kappa shape index (κ2) is 7.70. The van der Waals surface area contributed by atoms with Crippen molar-refractivity contribution in [1.82, 2.24) is 10.2 Å². The van der Waals surface area contributed by atoms with Gasteiger partial charge in [0.1, 0.15) is 10.8 Å². The molecule has 0 spiro atoms. The third kappa shape index (κ3) is 3.97. The average molecular weight is 339 g/mol. The van der Waals surface area contributed by atoms with Gasteiger partial charge in [-0.1, -0.05) is 66.8 Å². The summed E-state index contributed by atoms with van der Waals surface area (Å²) in [5.74, 6) is 0.358. The van der Waals surface area contributed by atoms with Gasteiger partial charge >= 0.3 is 0 Å². The molecule has 1 atom stereocenters. The van der Waals surface area contributed by atoms with Gasteiger partial charge in [-0.2, -0.15) is 0 Å². The Morgan fingerprint density at radius 2 is 1.75 bits per heavy atom. The van der Waals surface area contributed by atoms with Crippen LogP contribution in [0.1, 0.15) is 23.6 Å². The molecule has 3 aromatic rings. The highest BCUT2D eigenvalue weighted by Gasteiger charge is 2.23. The Morgan fingerprint density at radius 1 is 1.08 bits per heavy atom. The maximum absolute atomic E-state index is 12.7. The lowest BCUT2D eigenvalue weighted by molar-refractivity contribution is -0.123. The van der Waals surface area contributed by atoms with Crippen molar-refractivity contribution < 1.29 is 9.53 Å². The highest BCUT2D eigenvalue weighted by molar-refractivity contribution is 7.15. The molecule has 1 heterocycles. The molecule has 1 aromatic heterocycles. The Labute approximate surface area is 144 Å². The molecule has 5 nitrogen and oxygen atoms in total. The Kier molecular flexibility index (Phi) is 5.18. The number of benzene rings is 2. The standard InChI is InChI=1S/C18H17N3O2S/c1-2-15-20-21-18(24-15)19-17(22)16(13-9-5-3-6-10-13)23-14-11-7-4-8-12-14/h3-12,16H,2H2,1H3,(H,19,21,22)/t16-/m0/s1. The fourth-order valence-electron chi connectivity index (χ4n) is 2.15. The predicted molar refractivity (Wildman–Crippen MR) is 94.2 cm³/mol. The molecule has 0 unspecified atom stereocenters. The van der Waals surface area contributed by atoms with Gasteiger partial charge in [-0.25, -0.2) is 0 Å². The number of ether oxygens (including phenoxy) is 1. The Hall–Kier alpha value is -2.73. The third-order valence-electron chi connectivity index (χ3n) is 3.34. The summed E-state index contributed by atoms with van der Waals surface area (Å²) in [5, 5.41) is 12.2. The van der Waals surface area contributed by atoms with Gasteiger partial charge in [0.2, 0.25) is 11.2 Å². The Balaban J connectivity index is 1.82. The van der Waals surface area contributed by atoms with Gasteiger partial charge in [0.15, 0.2) is 0 Å². The molecule has 2 aromatic carbocycles. The number of rotatable bonds is 6. The molecule has 0 aliphatic heterocycles. The Morgan fingerprint density at radius 3 is 2.38 bits per heavy atom. The lowest BCUT2D eigenvalue weighted by Gasteiger charge is -2.18. The van der Waals surface area contributed by atoms with Crippen molar-refractivity contribution in [2.45, 2.75) is 19.4 Å². The number of nitrogens with zero attached hydrogens (tertiary/aromatic N) is 2. The topological polar surface area (TPSA) is 64.1 Å². The second-order valence-corrected chi connectivity index (χ2v) is 6.13. The molecule has 122 valence electrons. The summed E-state index contributed by atoms with van der Waals surface area (Å²) in [6.07, 6.45) is 0.0264. The van der Waals surface area contributed by atoms with Crippen LogP contribution in [0.5, 0.6) is 5.75 Å². The number of para-hydroxylation sites is 1. The second-order valence-electron chi connectivity index (χ2n) is 5.07. The number of aryl methyl sites for hydroxylation is 1. The van der Waals surface area contributed by atoms with Crippen LogP contribution < -0.4 is 10.1 Å². The van der Waals surface area contributed by atoms with Gasteiger partial charge in [-0.05, 0) is 18.6 Å². The fourth-order valence-corrected chi connectivity index (χ4v) is 2.84. The highest BCUT2D eigenvalue weighted by atomic mass is 32.1. The summed E-state index contributed by atoms with van der Waals surface area (Å²) in [7, 11) is 0. The lowest BCUT2D eigenvalue weighted by atomic mass is 10.1. The normalized spacial score (nSPS) is 11.7. The first kappa shape index (κ1) is 16.1. The first-order chi connectivity index (χ1) is 11.8. The van der Waals surface area contributed by atoms with Crippen molar-refractivity contribution >= 4 is 22.4 Å². The van der Waals surface area contributed by atoms with Crippen LogP contribution in [-0.4, -0.2) is 16.1 Å². The highest BCUT2D eigenvalue weighted by Crippen LogP contribution is 2.24. The molecule has 0 saturated heterocycles. The number of aromatic nitrogens is 2. The monoisotopic (exact) mass is 339 g/mol. The number of carbonyl (C=O) groups excluding carboxylic acids is 1. The third-order valence-corrected chi connectivity index (χ3v) is 4.32. The molecular formula is C18H17N3O2S. The number of nitrogens with one attached hydrogen (secondary N) is 1. The van der Waals surface area contributed by atoms with Crippen LogP contribution in [0.15, 0.2) is 60.7 Å². The van der Waals surface area contributed by atoms with E-state index in [1.165, 1.54) is 11.3 Å². The Bertz CT molecular complexity index is 790. The van der Waals surface area contributed by atoms with E-state index >= 15 is 0 Å². The van der Waals surface area contributed by atoms with Crippen LogP contribution in [0.4, 0.5) is 5.13 Å². The first-order valence-electron chi connectivity index (χ1n) is 7.66. The van der Waals surface area contributed by atoms with E-state index in [0.29, 0.717) is 10.9 Å². The van der Waals surface area contributed by atoms with Gasteiger partial charge in [0, 0.05) is 5.56 Å². The molecule has 1 N–H and O–H groups in total. The summed E-state index contributed by atoms with van der Waals surface area (Å²) in [4.78, 5) is 12.7. The molecule has 0 saturated carbocycles. The summed E-state index contributed by atoms with van der Waals surface area (Å²) >= 11 is 1.37. The number of carbonyl (C=O) groups is 1. The van der Waals surface area contributed by atoms with Gasteiger partial charge in [0.25, 0.3) is 5.91 Å². The molecule has 0 fully saturated rings. The average Bonchev–Trinajstić information content (AvgIpc) is 3.09. The minimum Gasteiger partial charge on any atom is -0.476 e. The van der Waals surface area contributed by atoms with Crippen LogP contribution in [0.2, 0.25) is 0 Å². The maximum atomic E-state index is 12.7. The summed E-state index contributed by atoms with van der Waals surface area (Å²) in [5.41, 5.74) is 0.777. The lowest BCUT2D eigenvalue weighted by Crippen LogP contribution is -2.25. The molecular weight excluding hydrogens is 322 g/mol. The summed E-state index contributed by atoms with van der Waals surface area (Å²) < 4.78 is 5.91. The van der Waals surface area contributed by atoms with Crippen LogP contribution in [0.3, 0.4) is 0 Å². The van der Waals surface area contributed by atoms with Crippen LogP contribution in [0, 0.1) is 0 Å². The van der Waals surface area contributed by atoms with Crippen LogP contribution in [-0.2, 0) is 11.2 Å². The van der Waals surface area contributed by atoms with E-state index in [2.05, 4.69) is 15.5 Å². The smallest absolute Gasteiger partial charge is 0.272 e. The molecule has 24 heavy (non-hydrogen) atoms. The van der Waals surface area contributed by atoms with Gasteiger partial charge in [-0.3, -0.25) is 10.1 Å². The van der Waals surface area contributed by atoms with E-state index in [4.69, 9.17) is 4.74 Å². The first-order valence-corrected chi connectivity index (χ1v) is 8.48. The van der Waals surface area contributed by atoms with E-state index in [-0.39, 0.29) is 5.91 Å². The molecule has 6 heteroatoms. The van der Waals surface area contributed by atoms with Crippen molar-refractivity contribution in [3.05, 3.63) is 71.2 Å². The van der Waals surface area contributed by atoms with E-state index in [0.717, 1.165) is 17.0 Å². The number of amides is 1. The van der Waals surface area contributed by atoms with Crippen molar-refractivity contribution in [2.24, 2.45) is 0 Å². The quantitative estimate of drug-likeness (QED) is 0.741. The fraction of sp³-hybridized carbons (Fsp3) is 0.167. The number of hydrogen-bond donors (Lipinski definition) is 1. The van der Waals surface area contributed by atoms with E-state index < -0.39 is 6.10 Å². The summed E-state index contributed by atoms with van der Waals surface area (Å²) in [6, 6.07) is 18.7. The summed E-state index contributed by atoms with van der Waals surface area (Å²) in [6.45, 7) is 2.00. The zero-order valence-electron chi connectivity index (χ0n) is 13.2. The van der Waals surface area contributed by atoms with Crippen molar-refractivity contribution in [1.29, 1.82) is 0 Å². The molecule has 3 rings (SSSR count). The van der Waals surface area contributed by atoms with Gasteiger partial charge in [0.05, 0.1) is 0 Å². The van der Waals surface area contributed by atoms with Crippen molar-refractivity contribution in [2.75, 3.05) is 5.32 Å². The maximum Gasteiger partial charge on any atom is 0.272 e. The molecule has 0 bridgehead atoms. The zero-order chi connectivity index (χ0) is 16.8. The van der Waals surface area contributed by atoms with E-state index in [1.54, 1.807) is 0 Å². The van der Waals surface area contributed by atoms with Crippen molar-refractivity contribution in [3.63, 3.8) is 0 Å². The molecule has 1 amide bonds. The molecule has 0 radical (unpaired) electrons. The number of hydrogen-bond acceptors (Lipinski definition) is 5. The van der Waals surface area contributed by atoms with E-state index in [9.17, 15) is 4.79 Å². The van der Waals surface area contributed by atoms with Gasteiger partial charge in [-0.15, -0.1) is 10.2 Å². The van der Waals surface area contributed by atoms with Crippen LogP contribution >= 0.6 is 11.3 Å². The zero-order valence-corrected chi connectivity index (χ0v) is 14.0. The van der Waals surface area contributed by atoms with Gasteiger partial charge < -0.3 is 4.74 Å². The molecule has 0 aliphatic carbocycles. The minimum absolute atomic E-state index is 0.274.